The van der Waals surface area contributed by atoms with Gasteiger partial charge in [-0.25, -0.2) is 0 Å². The van der Waals surface area contributed by atoms with Crippen LogP contribution in [0.5, 0.6) is 5.75 Å². The highest BCUT2D eigenvalue weighted by molar-refractivity contribution is 5.37. The quantitative estimate of drug-likeness (QED) is 0.920. The molecule has 1 aromatic rings. The van der Waals surface area contributed by atoms with Gasteiger partial charge < -0.3 is 14.7 Å². The smallest absolute Gasteiger partial charge is 0.122 e. The van der Waals surface area contributed by atoms with Crippen LogP contribution in [-0.2, 0) is 0 Å². The molecule has 3 heteroatoms. The van der Waals surface area contributed by atoms with Gasteiger partial charge >= 0.3 is 0 Å². The van der Waals surface area contributed by atoms with Gasteiger partial charge in [-0.15, -0.1) is 0 Å². The maximum Gasteiger partial charge on any atom is 0.122 e. The van der Waals surface area contributed by atoms with E-state index in [0.29, 0.717) is 11.8 Å². The predicted molar refractivity (Wildman–Crippen MR) is 80.1 cm³/mol. The Morgan fingerprint density at radius 1 is 1.25 bits per heavy atom. The number of piperidine rings is 1. The largest absolute Gasteiger partial charge is 0.493 e. The van der Waals surface area contributed by atoms with Gasteiger partial charge in [0.1, 0.15) is 5.75 Å². The second-order valence-electron chi connectivity index (χ2n) is 6.25. The molecule has 0 saturated carbocycles. The van der Waals surface area contributed by atoms with Crippen molar-refractivity contribution in [1.82, 2.24) is 4.90 Å². The highest BCUT2D eigenvalue weighted by Gasteiger charge is 2.27. The number of fused-ring (bicyclic) bond motifs is 1. The maximum atomic E-state index is 9.68. The molecule has 0 spiro atoms. The molecular weight excluding hydrogens is 250 g/mol. The van der Waals surface area contributed by atoms with E-state index in [9.17, 15) is 5.11 Å². The second kappa shape index (κ2) is 6.15. The normalized spacial score (nSPS) is 25.8. The SMILES string of the molecule is CC(O)C1CCN(CC2CCOc3ccccc32)CC1. The summed E-state index contributed by atoms with van der Waals surface area (Å²) in [4.78, 5) is 2.56. The van der Waals surface area contributed by atoms with Crippen LogP contribution in [0.1, 0.15) is 37.7 Å². The molecule has 3 nitrogen and oxygen atoms in total. The number of hydrogen-bond acceptors (Lipinski definition) is 3. The van der Waals surface area contributed by atoms with E-state index in [0.717, 1.165) is 51.3 Å². The summed E-state index contributed by atoms with van der Waals surface area (Å²) < 4.78 is 5.74. The number of benzene rings is 1. The van der Waals surface area contributed by atoms with Gasteiger partial charge in [0.05, 0.1) is 12.7 Å². The summed E-state index contributed by atoms with van der Waals surface area (Å²) in [6, 6.07) is 8.46. The zero-order valence-electron chi connectivity index (χ0n) is 12.3. The summed E-state index contributed by atoms with van der Waals surface area (Å²) >= 11 is 0. The van der Waals surface area contributed by atoms with Gasteiger partial charge in [0, 0.05) is 12.5 Å². The van der Waals surface area contributed by atoms with Crippen LogP contribution in [0.3, 0.4) is 0 Å². The molecule has 0 amide bonds. The molecule has 1 fully saturated rings. The van der Waals surface area contributed by atoms with Gasteiger partial charge in [-0.05, 0) is 56.8 Å². The van der Waals surface area contributed by atoms with Gasteiger partial charge in [-0.3, -0.25) is 0 Å². The Labute approximate surface area is 121 Å². The van der Waals surface area contributed by atoms with Gasteiger partial charge in [-0.1, -0.05) is 18.2 Å². The molecule has 20 heavy (non-hydrogen) atoms. The predicted octanol–water partition coefficient (Wildman–Crippen LogP) is 2.65. The average Bonchev–Trinajstić information content (AvgIpc) is 2.48. The number of para-hydroxylation sites is 1. The molecule has 2 atom stereocenters. The molecule has 1 N–H and O–H groups in total. The number of hydrogen-bond donors (Lipinski definition) is 1. The van der Waals surface area contributed by atoms with Gasteiger partial charge in [0.25, 0.3) is 0 Å². The average molecular weight is 275 g/mol. The van der Waals surface area contributed by atoms with Crippen molar-refractivity contribution < 1.29 is 9.84 Å². The molecule has 2 heterocycles. The third kappa shape index (κ3) is 2.99. The molecular formula is C17H25NO2. The Morgan fingerprint density at radius 2 is 2.00 bits per heavy atom. The lowest BCUT2D eigenvalue weighted by Crippen LogP contribution is -2.39. The lowest BCUT2D eigenvalue weighted by Gasteiger charge is -2.36. The minimum Gasteiger partial charge on any atom is -0.493 e. The van der Waals surface area contributed by atoms with E-state index in [1.807, 2.05) is 6.92 Å². The monoisotopic (exact) mass is 275 g/mol. The Balaban J connectivity index is 1.60. The van der Waals surface area contributed by atoms with Crippen molar-refractivity contribution in [3.8, 4) is 5.75 Å². The van der Waals surface area contributed by atoms with Crippen molar-refractivity contribution in [3.63, 3.8) is 0 Å². The van der Waals surface area contributed by atoms with Crippen LogP contribution in [-0.4, -0.2) is 42.4 Å². The maximum absolute atomic E-state index is 9.68. The third-order valence-electron chi connectivity index (χ3n) is 4.88. The topological polar surface area (TPSA) is 32.7 Å². The van der Waals surface area contributed by atoms with Crippen LogP contribution in [0, 0.1) is 5.92 Å². The zero-order chi connectivity index (χ0) is 13.9. The molecule has 2 aliphatic rings. The first-order valence-electron chi connectivity index (χ1n) is 7.86. The highest BCUT2D eigenvalue weighted by Crippen LogP contribution is 2.34. The number of rotatable bonds is 3. The summed E-state index contributed by atoms with van der Waals surface area (Å²) in [5, 5.41) is 9.68. The third-order valence-corrected chi connectivity index (χ3v) is 4.88. The molecule has 0 bridgehead atoms. The van der Waals surface area contributed by atoms with E-state index >= 15 is 0 Å². The molecule has 110 valence electrons. The Kier molecular flexibility index (Phi) is 4.27. The standard InChI is InChI=1S/C17H25NO2/c1-13(19)14-6-9-18(10-7-14)12-15-8-11-20-17-5-3-2-4-16(15)17/h2-5,13-15,19H,6-12H2,1H3. The minimum atomic E-state index is -0.152. The molecule has 2 aliphatic heterocycles. The second-order valence-corrected chi connectivity index (χ2v) is 6.25. The Hall–Kier alpha value is -1.06. The summed E-state index contributed by atoms with van der Waals surface area (Å²) in [7, 11) is 0. The fourth-order valence-corrected chi connectivity index (χ4v) is 3.54. The van der Waals surface area contributed by atoms with Crippen molar-refractivity contribution in [3.05, 3.63) is 29.8 Å². The van der Waals surface area contributed by atoms with Crippen LogP contribution < -0.4 is 4.74 Å². The summed E-state index contributed by atoms with van der Waals surface area (Å²) in [6.45, 7) is 6.14. The van der Waals surface area contributed by atoms with E-state index in [2.05, 4.69) is 29.2 Å². The van der Waals surface area contributed by atoms with Crippen LogP contribution in [0.25, 0.3) is 0 Å². The van der Waals surface area contributed by atoms with E-state index in [1.165, 1.54) is 5.56 Å². The molecule has 0 aliphatic carbocycles. The van der Waals surface area contributed by atoms with Gasteiger partial charge in [-0.2, -0.15) is 0 Å². The number of nitrogens with zero attached hydrogens (tertiary/aromatic N) is 1. The molecule has 3 rings (SSSR count). The fraction of sp³-hybridized carbons (Fsp3) is 0.647. The van der Waals surface area contributed by atoms with E-state index in [-0.39, 0.29) is 6.10 Å². The summed E-state index contributed by atoms with van der Waals surface area (Å²) in [6.07, 6.45) is 3.22. The van der Waals surface area contributed by atoms with Crippen LogP contribution >= 0.6 is 0 Å². The number of ether oxygens (including phenoxy) is 1. The van der Waals surface area contributed by atoms with Crippen molar-refractivity contribution in [1.29, 1.82) is 0 Å². The summed E-state index contributed by atoms with van der Waals surface area (Å²) in [5.74, 6) is 2.17. The van der Waals surface area contributed by atoms with Crippen LogP contribution in [0.2, 0.25) is 0 Å². The molecule has 0 aromatic heterocycles. The first kappa shape index (κ1) is 13.9. The lowest BCUT2D eigenvalue weighted by atomic mass is 9.89. The number of aliphatic hydroxyl groups excluding tert-OH is 1. The van der Waals surface area contributed by atoms with Crippen molar-refractivity contribution >= 4 is 0 Å². The van der Waals surface area contributed by atoms with Crippen molar-refractivity contribution in [2.24, 2.45) is 5.92 Å². The van der Waals surface area contributed by atoms with E-state index in [4.69, 9.17) is 4.74 Å². The fourth-order valence-electron chi connectivity index (χ4n) is 3.54. The van der Waals surface area contributed by atoms with Crippen LogP contribution in [0.15, 0.2) is 24.3 Å². The molecule has 2 unspecified atom stereocenters. The zero-order valence-corrected chi connectivity index (χ0v) is 12.3. The van der Waals surface area contributed by atoms with Crippen molar-refractivity contribution in [2.45, 2.75) is 38.2 Å². The van der Waals surface area contributed by atoms with Crippen LogP contribution in [0.4, 0.5) is 0 Å². The molecule has 1 aromatic carbocycles. The minimum absolute atomic E-state index is 0.152. The molecule has 1 saturated heterocycles. The van der Waals surface area contributed by atoms with E-state index in [1.54, 1.807) is 0 Å². The summed E-state index contributed by atoms with van der Waals surface area (Å²) in [5.41, 5.74) is 1.37. The highest BCUT2D eigenvalue weighted by atomic mass is 16.5. The Bertz CT molecular complexity index is 438. The van der Waals surface area contributed by atoms with Gasteiger partial charge in [0.2, 0.25) is 0 Å². The number of aliphatic hydroxyl groups is 1. The van der Waals surface area contributed by atoms with E-state index < -0.39 is 0 Å². The van der Waals surface area contributed by atoms with Crippen molar-refractivity contribution in [2.75, 3.05) is 26.2 Å². The Morgan fingerprint density at radius 3 is 2.75 bits per heavy atom. The lowest BCUT2D eigenvalue weighted by molar-refractivity contribution is 0.0680. The first-order chi connectivity index (χ1) is 9.74. The van der Waals surface area contributed by atoms with Gasteiger partial charge in [0.15, 0.2) is 0 Å². The number of likely N-dealkylation sites (tertiary alicyclic amines) is 1. The molecule has 0 radical (unpaired) electrons. The first-order valence-corrected chi connectivity index (χ1v) is 7.86.